The van der Waals surface area contributed by atoms with Crippen LogP contribution in [0.2, 0.25) is 0 Å². The molecule has 1 aromatic carbocycles. The van der Waals surface area contributed by atoms with E-state index in [-0.39, 0.29) is 18.4 Å². The molecule has 16 heavy (non-hydrogen) atoms. The minimum Gasteiger partial charge on any atom is -0.493 e. The van der Waals surface area contributed by atoms with E-state index < -0.39 is 0 Å². The minimum atomic E-state index is -0.164. The summed E-state index contributed by atoms with van der Waals surface area (Å²) < 4.78 is 5.45. The first-order chi connectivity index (χ1) is 7.67. The summed E-state index contributed by atoms with van der Waals surface area (Å²) in [7, 11) is 0. The van der Waals surface area contributed by atoms with Gasteiger partial charge in [-0.1, -0.05) is 24.2 Å². The zero-order chi connectivity index (χ0) is 12.0. The van der Waals surface area contributed by atoms with Crippen molar-refractivity contribution in [2.45, 2.75) is 13.5 Å². The Bertz CT molecular complexity index is 366. The van der Waals surface area contributed by atoms with Crippen LogP contribution >= 0.6 is 0 Å². The van der Waals surface area contributed by atoms with Gasteiger partial charge in [0.05, 0.1) is 19.1 Å². The molecule has 1 unspecified atom stereocenters. The fraction of sp³-hybridized carbons (Fsp3) is 0.364. The first-order valence-electron chi connectivity index (χ1n) is 4.97. The highest BCUT2D eigenvalue weighted by Gasteiger charge is 2.08. The Balaban J connectivity index is 2.54. The Morgan fingerprint density at radius 2 is 2.31 bits per heavy atom. The minimum absolute atomic E-state index is 0.0208. The molecule has 88 valence electrons. The molecule has 0 aromatic heterocycles. The maximum atomic E-state index is 8.94. The number of amidine groups is 1. The van der Waals surface area contributed by atoms with Crippen LogP contribution in [0.5, 0.6) is 5.75 Å². The van der Waals surface area contributed by atoms with Crippen LogP contribution in [0.1, 0.15) is 12.5 Å². The number of benzene rings is 1. The first kappa shape index (κ1) is 12.3. The molecule has 0 fully saturated rings. The second-order valence-electron chi connectivity index (χ2n) is 3.54. The first-order valence-corrected chi connectivity index (χ1v) is 4.97. The zero-order valence-corrected chi connectivity index (χ0v) is 9.13. The number of aliphatic hydroxyl groups excluding tert-OH is 1. The van der Waals surface area contributed by atoms with Gasteiger partial charge in [-0.05, 0) is 17.7 Å². The van der Waals surface area contributed by atoms with Gasteiger partial charge in [-0.3, -0.25) is 0 Å². The van der Waals surface area contributed by atoms with E-state index in [1.807, 2.05) is 0 Å². The van der Waals surface area contributed by atoms with Crippen molar-refractivity contribution < 1.29 is 15.1 Å². The van der Waals surface area contributed by atoms with Crippen molar-refractivity contribution in [3.05, 3.63) is 29.8 Å². The predicted octanol–water partition coefficient (Wildman–Crippen LogP) is 0.940. The topological polar surface area (TPSA) is 88.1 Å². The summed E-state index contributed by atoms with van der Waals surface area (Å²) in [5, 5.41) is 20.3. The monoisotopic (exact) mass is 224 g/mol. The molecule has 0 amide bonds. The Morgan fingerprint density at radius 3 is 2.94 bits per heavy atom. The molecule has 0 saturated carbocycles. The number of hydrogen-bond donors (Lipinski definition) is 3. The molecule has 0 aliphatic heterocycles. The maximum Gasteiger partial charge on any atom is 0.145 e. The van der Waals surface area contributed by atoms with Gasteiger partial charge in [-0.2, -0.15) is 0 Å². The summed E-state index contributed by atoms with van der Waals surface area (Å²) in [6.07, 6.45) is 0. The van der Waals surface area contributed by atoms with Gasteiger partial charge < -0.3 is 20.8 Å². The van der Waals surface area contributed by atoms with Crippen molar-refractivity contribution in [2.24, 2.45) is 16.8 Å². The van der Waals surface area contributed by atoms with E-state index in [1.54, 1.807) is 31.2 Å². The van der Waals surface area contributed by atoms with Gasteiger partial charge in [0.1, 0.15) is 11.6 Å². The Kier molecular flexibility index (Phi) is 4.60. The van der Waals surface area contributed by atoms with Crippen LogP contribution in [0.25, 0.3) is 0 Å². The molecule has 0 radical (unpaired) electrons. The number of oxime groups is 1. The molecular weight excluding hydrogens is 208 g/mol. The largest absolute Gasteiger partial charge is 0.493 e. The Hall–Kier alpha value is -1.75. The number of nitrogens with zero attached hydrogens (tertiary/aromatic N) is 1. The molecule has 0 spiro atoms. The van der Waals surface area contributed by atoms with Crippen LogP contribution in [-0.2, 0) is 6.61 Å². The highest BCUT2D eigenvalue weighted by Crippen LogP contribution is 2.14. The number of nitrogens with two attached hydrogens (primary N) is 1. The lowest BCUT2D eigenvalue weighted by atomic mass is 10.2. The van der Waals surface area contributed by atoms with Crippen molar-refractivity contribution >= 4 is 5.84 Å². The van der Waals surface area contributed by atoms with Gasteiger partial charge >= 0.3 is 0 Å². The van der Waals surface area contributed by atoms with Crippen LogP contribution in [0.3, 0.4) is 0 Å². The van der Waals surface area contributed by atoms with E-state index in [0.717, 1.165) is 5.56 Å². The average molecular weight is 224 g/mol. The lowest BCUT2D eigenvalue weighted by Crippen LogP contribution is -2.26. The van der Waals surface area contributed by atoms with Gasteiger partial charge in [0.25, 0.3) is 0 Å². The molecule has 0 aliphatic carbocycles. The predicted molar refractivity (Wildman–Crippen MR) is 60.4 cm³/mol. The smallest absolute Gasteiger partial charge is 0.145 e. The lowest BCUT2D eigenvalue weighted by molar-refractivity contribution is 0.272. The number of hydrogen-bond acceptors (Lipinski definition) is 4. The average Bonchev–Trinajstić information content (AvgIpc) is 2.35. The fourth-order valence-electron chi connectivity index (χ4n) is 1.14. The van der Waals surface area contributed by atoms with Crippen LogP contribution in [0.15, 0.2) is 29.4 Å². The molecule has 5 nitrogen and oxygen atoms in total. The van der Waals surface area contributed by atoms with E-state index in [2.05, 4.69) is 5.16 Å². The quantitative estimate of drug-likeness (QED) is 0.300. The Labute approximate surface area is 94.1 Å². The lowest BCUT2D eigenvalue weighted by Gasteiger charge is -2.12. The molecule has 0 aliphatic rings. The van der Waals surface area contributed by atoms with Crippen molar-refractivity contribution in [1.29, 1.82) is 0 Å². The standard InChI is InChI=1S/C11H16N2O3/c1-8(11(12)13-15)7-16-10-4-2-3-9(5-10)6-14/h2-5,8,14-15H,6-7H2,1H3,(H2,12,13). The van der Waals surface area contributed by atoms with E-state index in [4.69, 9.17) is 20.8 Å². The summed E-state index contributed by atoms with van der Waals surface area (Å²) in [6, 6.07) is 7.14. The van der Waals surface area contributed by atoms with E-state index >= 15 is 0 Å². The van der Waals surface area contributed by atoms with Crippen LogP contribution in [0.4, 0.5) is 0 Å². The van der Waals surface area contributed by atoms with Crippen LogP contribution in [-0.4, -0.2) is 22.8 Å². The third kappa shape index (κ3) is 3.43. The third-order valence-electron chi connectivity index (χ3n) is 2.20. The summed E-state index contributed by atoms with van der Waals surface area (Å²) in [5.41, 5.74) is 6.20. The molecule has 1 rings (SSSR count). The SMILES string of the molecule is CC(COc1cccc(CO)c1)C(N)=NO. The Morgan fingerprint density at radius 1 is 1.56 bits per heavy atom. The van der Waals surface area contributed by atoms with E-state index in [9.17, 15) is 0 Å². The van der Waals surface area contributed by atoms with Crippen LogP contribution < -0.4 is 10.5 Å². The molecule has 0 heterocycles. The second kappa shape index (κ2) is 5.97. The summed E-state index contributed by atoms with van der Waals surface area (Å²) >= 11 is 0. The summed E-state index contributed by atoms with van der Waals surface area (Å²) in [6.45, 7) is 2.10. The fourth-order valence-corrected chi connectivity index (χ4v) is 1.14. The molecule has 1 atom stereocenters. The normalized spacial score (nSPS) is 13.5. The highest BCUT2D eigenvalue weighted by atomic mass is 16.5. The number of ether oxygens (including phenoxy) is 1. The molecular formula is C11H16N2O3. The van der Waals surface area contributed by atoms with Gasteiger partial charge in [-0.25, -0.2) is 0 Å². The molecule has 0 saturated heterocycles. The number of aliphatic hydroxyl groups is 1. The van der Waals surface area contributed by atoms with E-state index in [0.29, 0.717) is 12.4 Å². The van der Waals surface area contributed by atoms with Crippen molar-refractivity contribution in [1.82, 2.24) is 0 Å². The van der Waals surface area contributed by atoms with Gasteiger partial charge in [0.15, 0.2) is 0 Å². The summed E-state index contributed by atoms with van der Waals surface area (Å²) in [5.74, 6) is 0.630. The molecule has 5 heteroatoms. The molecule has 1 aromatic rings. The zero-order valence-electron chi connectivity index (χ0n) is 9.13. The van der Waals surface area contributed by atoms with Crippen molar-refractivity contribution in [2.75, 3.05) is 6.61 Å². The van der Waals surface area contributed by atoms with Gasteiger partial charge in [0.2, 0.25) is 0 Å². The van der Waals surface area contributed by atoms with Crippen molar-refractivity contribution in [3.63, 3.8) is 0 Å². The third-order valence-corrected chi connectivity index (χ3v) is 2.20. The number of rotatable bonds is 5. The van der Waals surface area contributed by atoms with Gasteiger partial charge in [-0.15, -0.1) is 0 Å². The maximum absolute atomic E-state index is 8.94. The summed E-state index contributed by atoms with van der Waals surface area (Å²) in [4.78, 5) is 0. The second-order valence-corrected chi connectivity index (χ2v) is 3.54. The van der Waals surface area contributed by atoms with Crippen LogP contribution in [0, 0.1) is 5.92 Å². The molecule has 4 N–H and O–H groups in total. The molecule has 0 bridgehead atoms. The van der Waals surface area contributed by atoms with Crippen molar-refractivity contribution in [3.8, 4) is 5.75 Å². The highest BCUT2D eigenvalue weighted by molar-refractivity contribution is 5.81. The van der Waals surface area contributed by atoms with Gasteiger partial charge in [0, 0.05) is 0 Å². The van der Waals surface area contributed by atoms with E-state index in [1.165, 1.54) is 0 Å².